The summed E-state index contributed by atoms with van der Waals surface area (Å²) in [5.41, 5.74) is 3.72. The van der Waals surface area contributed by atoms with Gasteiger partial charge in [0.2, 0.25) is 0 Å². The number of anilines is 1. The van der Waals surface area contributed by atoms with E-state index in [1.54, 1.807) is 0 Å². The van der Waals surface area contributed by atoms with Crippen molar-refractivity contribution in [2.75, 3.05) is 5.32 Å². The minimum Gasteiger partial charge on any atom is -0.326 e. The molecule has 2 aromatic heterocycles. The fourth-order valence-electron chi connectivity index (χ4n) is 2.77. The number of fused-ring (bicyclic) bond motifs is 1. The van der Waals surface area contributed by atoms with E-state index in [0.717, 1.165) is 27.9 Å². The smallest absolute Gasteiger partial charge is 0.324 e. The van der Waals surface area contributed by atoms with E-state index in [9.17, 15) is 14.9 Å². The second kappa shape index (κ2) is 7.00. The first kappa shape index (κ1) is 16.9. The normalized spacial score (nSPS) is 10.8. The number of rotatable bonds is 5. The maximum absolute atomic E-state index is 12.2. The fourth-order valence-corrected chi connectivity index (χ4v) is 3.48. The molecule has 4 rings (SSSR count). The summed E-state index contributed by atoms with van der Waals surface area (Å²) < 4.78 is 2.06. The highest BCUT2D eigenvalue weighted by Crippen LogP contribution is 2.25. The van der Waals surface area contributed by atoms with Gasteiger partial charge < -0.3 is 9.88 Å². The van der Waals surface area contributed by atoms with Gasteiger partial charge in [0, 0.05) is 18.3 Å². The van der Waals surface area contributed by atoms with Gasteiger partial charge in [0.15, 0.2) is 0 Å². The molecule has 0 bridgehead atoms. The van der Waals surface area contributed by atoms with Crippen LogP contribution in [0.15, 0.2) is 67.0 Å². The van der Waals surface area contributed by atoms with E-state index < -0.39 is 4.92 Å². The molecule has 0 aliphatic heterocycles. The highest BCUT2D eigenvalue weighted by molar-refractivity contribution is 7.17. The first-order valence-electron chi connectivity index (χ1n) is 8.14. The average Bonchev–Trinajstić information content (AvgIpc) is 3.31. The fraction of sp³-hybridized carbons (Fsp3) is 0.0526. The standard InChI is InChI=1S/C19H14N4O3S/c24-19(17-9-10-18(27-17)23(25)26)21-14-7-5-13(6-8-14)11-22-12-20-15-3-1-2-4-16(15)22/h1-10,12H,11H2,(H,21,24). The molecule has 134 valence electrons. The molecule has 8 heteroatoms. The van der Waals surface area contributed by atoms with E-state index >= 15 is 0 Å². The molecule has 0 unspecified atom stereocenters. The topological polar surface area (TPSA) is 90.1 Å². The number of hydrogen-bond donors (Lipinski definition) is 1. The summed E-state index contributed by atoms with van der Waals surface area (Å²) in [5, 5.41) is 13.4. The molecule has 0 saturated heterocycles. The Hall–Kier alpha value is -3.52. The van der Waals surface area contributed by atoms with Crippen molar-refractivity contribution in [3.05, 3.63) is 87.5 Å². The summed E-state index contributed by atoms with van der Waals surface area (Å²) in [7, 11) is 0. The Kier molecular flexibility index (Phi) is 4.39. The largest absolute Gasteiger partial charge is 0.326 e. The number of hydrogen-bond acceptors (Lipinski definition) is 5. The van der Waals surface area contributed by atoms with Crippen molar-refractivity contribution in [1.82, 2.24) is 9.55 Å². The molecule has 0 aliphatic carbocycles. The predicted octanol–water partition coefficient (Wildman–Crippen LogP) is 4.31. The molecule has 0 atom stereocenters. The zero-order valence-corrected chi connectivity index (χ0v) is 14.8. The number of aromatic nitrogens is 2. The van der Waals surface area contributed by atoms with Gasteiger partial charge in [-0.1, -0.05) is 35.6 Å². The Labute approximate surface area is 158 Å². The zero-order valence-electron chi connectivity index (χ0n) is 14.0. The van der Waals surface area contributed by atoms with E-state index in [1.165, 1.54) is 12.1 Å². The maximum Gasteiger partial charge on any atom is 0.324 e. The van der Waals surface area contributed by atoms with Gasteiger partial charge in [-0.3, -0.25) is 14.9 Å². The van der Waals surface area contributed by atoms with Crippen molar-refractivity contribution < 1.29 is 9.72 Å². The predicted molar refractivity (Wildman–Crippen MR) is 104 cm³/mol. The van der Waals surface area contributed by atoms with Crippen LogP contribution < -0.4 is 5.32 Å². The van der Waals surface area contributed by atoms with Crippen LogP contribution >= 0.6 is 11.3 Å². The van der Waals surface area contributed by atoms with Gasteiger partial charge in [-0.05, 0) is 35.9 Å². The summed E-state index contributed by atoms with van der Waals surface area (Å²) in [5.74, 6) is -0.360. The van der Waals surface area contributed by atoms with Crippen LogP contribution in [-0.4, -0.2) is 20.4 Å². The Morgan fingerprint density at radius 3 is 2.63 bits per heavy atom. The second-order valence-corrected chi connectivity index (χ2v) is 6.97. The highest BCUT2D eigenvalue weighted by Gasteiger charge is 2.15. The lowest BCUT2D eigenvalue weighted by molar-refractivity contribution is -0.380. The van der Waals surface area contributed by atoms with E-state index in [2.05, 4.69) is 14.9 Å². The van der Waals surface area contributed by atoms with Gasteiger partial charge in [0.25, 0.3) is 5.91 Å². The van der Waals surface area contributed by atoms with Gasteiger partial charge in [-0.25, -0.2) is 4.98 Å². The molecule has 4 aromatic rings. The number of amides is 1. The first-order chi connectivity index (χ1) is 13.1. The van der Waals surface area contributed by atoms with Crippen LogP contribution in [0.1, 0.15) is 15.2 Å². The summed E-state index contributed by atoms with van der Waals surface area (Å²) in [6.07, 6.45) is 1.81. The van der Waals surface area contributed by atoms with Gasteiger partial charge in [-0.15, -0.1) is 0 Å². The van der Waals surface area contributed by atoms with Crippen LogP contribution in [-0.2, 0) is 6.54 Å². The van der Waals surface area contributed by atoms with Crippen LogP contribution in [0.3, 0.4) is 0 Å². The minimum atomic E-state index is -0.504. The molecular formula is C19H14N4O3S. The summed E-state index contributed by atoms with van der Waals surface area (Å²) in [4.78, 5) is 27.1. The number of carbonyl (C=O) groups excluding carboxylic acids is 1. The lowest BCUT2D eigenvalue weighted by atomic mass is 10.2. The van der Waals surface area contributed by atoms with Gasteiger partial charge in [0.05, 0.1) is 27.2 Å². The van der Waals surface area contributed by atoms with Crippen LogP contribution in [0.4, 0.5) is 10.7 Å². The first-order valence-corrected chi connectivity index (χ1v) is 8.96. The monoisotopic (exact) mass is 378 g/mol. The molecule has 27 heavy (non-hydrogen) atoms. The second-order valence-electron chi connectivity index (χ2n) is 5.91. The number of nitrogens with zero attached hydrogens (tertiary/aromatic N) is 3. The molecule has 7 nitrogen and oxygen atoms in total. The number of nitrogens with one attached hydrogen (secondary N) is 1. The third kappa shape index (κ3) is 3.56. The van der Waals surface area contributed by atoms with Crippen molar-refractivity contribution in [2.45, 2.75) is 6.54 Å². The Morgan fingerprint density at radius 2 is 1.89 bits per heavy atom. The number of thiophene rings is 1. The van der Waals surface area contributed by atoms with Crippen LogP contribution in [0.25, 0.3) is 11.0 Å². The molecule has 1 amide bonds. The van der Waals surface area contributed by atoms with E-state index in [4.69, 9.17) is 0 Å². The van der Waals surface area contributed by atoms with Gasteiger partial charge in [-0.2, -0.15) is 0 Å². The quantitative estimate of drug-likeness (QED) is 0.414. The third-order valence-electron chi connectivity index (χ3n) is 4.09. The highest BCUT2D eigenvalue weighted by atomic mass is 32.1. The Balaban J connectivity index is 1.45. The van der Waals surface area contributed by atoms with Crippen LogP contribution in [0.2, 0.25) is 0 Å². The van der Waals surface area contributed by atoms with Gasteiger partial charge in [0.1, 0.15) is 0 Å². The minimum absolute atomic E-state index is 0.0527. The Morgan fingerprint density at radius 1 is 1.11 bits per heavy atom. The lowest BCUT2D eigenvalue weighted by Crippen LogP contribution is -2.10. The summed E-state index contributed by atoms with van der Waals surface area (Å²) in [6, 6.07) is 18.2. The average molecular weight is 378 g/mol. The van der Waals surface area contributed by atoms with Crippen molar-refractivity contribution in [3.8, 4) is 0 Å². The lowest BCUT2D eigenvalue weighted by Gasteiger charge is -2.07. The molecule has 1 N–H and O–H groups in total. The van der Waals surface area contributed by atoms with Gasteiger partial charge >= 0.3 is 5.00 Å². The Bertz CT molecular complexity index is 1130. The van der Waals surface area contributed by atoms with Crippen LogP contribution in [0, 0.1) is 10.1 Å². The van der Waals surface area contributed by atoms with Crippen LogP contribution in [0.5, 0.6) is 0 Å². The third-order valence-corrected chi connectivity index (χ3v) is 5.12. The molecule has 0 saturated carbocycles. The molecule has 0 spiro atoms. The maximum atomic E-state index is 12.2. The van der Waals surface area contributed by atoms with Crippen molar-refractivity contribution in [3.63, 3.8) is 0 Å². The van der Waals surface area contributed by atoms with E-state index in [0.29, 0.717) is 17.1 Å². The van der Waals surface area contributed by atoms with Crippen molar-refractivity contribution in [2.24, 2.45) is 0 Å². The molecule has 0 fully saturated rings. The summed E-state index contributed by atoms with van der Waals surface area (Å²) in [6.45, 7) is 0.672. The molecule has 0 aliphatic rings. The number of imidazole rings is 1. The van der Waals surface area contributed by atoms with Crippen molar-refractivity contribution in [1.29, 1.82) is 0 Å². The number of para-hydroxylation sites is 2. The number of carbonyl (C=O) groups is 1. The molecule has 2 heterocycles. The van der Waals surface area contributed by atoms with E-state index in [-0.39, 0.29) is 10.9 Å². The zero-order chi connectivity index (χ0) is 18.8. The van der Waals surface area contributed by atoms with E-state index in [1.807, 2.05) is 54.9 Å². The molecular weight excluding hydrogens is 364 g/mol. The molecule has 2 aromatic carbocycles. The SMILES string of the molecule is O=C(Nc1ccc(Cn2cnc3ccccc32)cc1)c1ccc([N+](=O)[O-])s1. The van der Waals surface area contributed by atoms with Crippen molar-refractivity contribution >= 4 is 39.0 Å². The number of nitro groups is 1. The molecule has 0 radical (unpaired) electrons. The number of benzene rings is 2. The summed E-state index contributed by atoms with van der Waals surface area (Å²) >= 11 is 0.854.